The van der Waals surface area contributed by atoms with E-state index in [1.54, 1.807) is 0 Å². The van der Waals surface area contributed by atoms with Gasteiger partial charge in [0.25, 0.3) is 0 Å². The van der Waals surface area contributed by atoms with Crippen molar-refractivity contribution in [3.05, 3.63) is 17.1 Å². The van der Waals surface area contributed by atoms with Gasteiger partial charge in [-0.25, -0.2) is 15.8 Å². The SMILES string of the molecule is NNc1nc(C2CCOC2)nc2c1CCCC2. The number of aromatic nitrogens is 2. The molecule has 1 atom stereocenters. The van der Waals surface area contributed by atoms with Gasteiger partial charge >= 0.3 is 0 Å². The zero-order valence-electron chi connectivity index (χ0n) is 9.91. The Bertz CT molecular complexity index is 398. The molecule has 1 aromatic heterocycles. The first kappa shape index (κ1) is 10.9. The monoisotopic (exact) mass is 234 g/mol. The number of rotatable bonds is 2. The summed E-state index contributed by atoms with van der Waals surface area (Å²) >= 11 is 0. The van der Waals surface area contributed by atoms with E-state index in [4.69, 9.17) is 15.6 Å². The highest BCUT2D eigenvalue weighted by molar-refractivity contribution is 5.47. The first-order chi connectivity index (χ1) is 8.38. The average Bonchev–Trinajstić information content (AvgIpc) is 2.91. The van der Waals surface area contributed by atoms with E-state index in [0.717, 1.165) is 44.1 Å². The summed E-state index contributed by atoms with van der Waals surface area (Å²) in [6.45, 7) is 1.55. The molecule has 92 valence electrons. The number of hydrogen-bond donors (Lipinski definition) is 2. The van der Waals surface area contributed by atoms with Crippen LogP contribution in [0.3, 0.4) is 0 Å². The van der Waals surface area contributed by atoms with Gasteiger partial charge in [0.05, 0.1) is 6.61 Å². The highest BCUT2D eigenvalue weighted by Crippen LogP contribution is 2.29. The fourth-order valence-electron chi connectivity index (χ4n) is 2.65. The topological polar surface area (TPSA) is 73.1 Å². The summed E-state index contributed by atoms with van der Waals surface area (Å²) in [5.41, 5.74) is 5.12. The Morgan fingerprint density at radius 2 is 2.12 bits per heavy atom. The van der Waals surface area contributed by atoms with E-state index in [1.165, 1.54) is 24.1 Å². The number of hydrogen-bond acceptors (Lipinski definition) is 5. The van der Waals surface area contributed by atoms with Gasteiger partial charge in [0.2, 0.25) is 0 Å². The van der Waals surface area contributed by atoms with E-state index < -0.39 is 0 Å². The molecule has 0 radical (unpaired) electrons. The fourth-order valence-corrected chi connectivity index (χ4v) is 2.65. The highest BCUT2D eigenvalue weighted by Gasteiger charge is 2.24. The van der Waals surface area contributed by atoms with Crippen LogP contribution in [-0.2, 0) is 17.6 Å². The fraction of sp³-hybridized carbons (Fsp3) is 0.667. The lowest BCUT2D eigenvalue weighted by molar-refractivity contribution is 0.193. The molecule has 0 aromatic carbocycles. The first-order valence-electron chi connectivity index (χ1n) is 6.32. The van der Waals surface area contributed by atoms with Crippen molar-refractivity contribution in [2.45, 2.75) is 38.0 Å². The molecule has 1 aliphatic carbocycles. The Hall–Kier alpha value is -1.20. The lowest BCUT2D eigenvalue weighted by Gasteiger charge is -2.19. The summed E-state index contributed by atoms with van der Waals surface area (Å²) < 4.78 is 5.40. The summed E-state index contributed by atoms with van der Waals surface area (Å²) in [7, 11) is 0. The van der Waals surface area contributed by atoms with Gasteiger partial charge in [-0.3, -0.25) is 0 Å². The molecule has 0 amide bonds. The van der Waals surface area contributed by atoms with Crippen LogP contribution in [0, 0.1) is 0 Å². The van der Waals surface area contributed by atoms with Crippen molar-refractivity contribution in [3.8, 4) is 0 Å². The van der Waals surface area contributed by atoms with E-state index in [1.807, 2.05) is 0 Å². The minimum absolute atomic E-state index is 0.342. The van der Waals surface area contributed by atoms with Crippen molar-refractivity contribution in [1.29, 1.82) is 0 Å². The molecule has 0 spiro atoms. The molecule has 0 saturated carbocycles. The molecule has 2 heterocycles. The number of nitrogen functional groups attached to an aromatic ring is 1. The summed E-state index contributed by atoms with van der Waals surface area (Å²) in [6.07, 6.45) is 5.53. The van der Waals surface area contributed by atoms with Crippen LogP contribution < -0.4 is 11.3 Å². The largest absolute Gasteiger partial charge is 0.381 e. The average molecular weight is 234 g/mol. The number of nitrogens with one attached hydrogen (secondary N) is 1. The standard InChI is InChI=1S/C12H18N4O/c13-16-12-9-3-1-2-4-10(9)14-11(15-12)8-5-6-17-7-8/h8H,1-7,13H2,(H,14,15,16). The molecule has 1 saturated heterocycles. The van der Waals surface area contributed by atoms with Gasteiger partial charge in [-0.2, -0.15) is 0 Å². The zero-order chi connectivity index (χ0) is 11.7. The molecule has 2 aliphatic rings. The summed E-state index contributed by atoms with van der Waals surface area (Å²) in [4.78, 5) is 9.28. The van der Waals surface area contributed by atoms with Crippen molar-refractivity contribution in [3.63, 3.8) is 0 Å². The van der Waals surface area contributed by atoms with Gasteiger partial charge in [0, 0.05) is 23.8 Å². The summed E-state index contributed by atoms with van der Waals surface area (Å²) in [5.74, 6) is 7.63. The highest BCUT2D eigenvalue weighted by atomic mass is 16.5. The minimum atomic E-state index is 0.342. The third-order valence-electron chi connectivity index (χ3n) is 3.63. The lowest BCUT2D eigenvalue weighted by Crippen LogP contribution is -2.19. The number of ether oxygens (including phenoxy) is 1. The molecule has 1 fully saturated rings. The van der Waals surface area contributed by atoms with Crippen LogP contribution in [0.25, 0.3) is 0 Å². The molecule has 0 bridgehead atoms. The normalized spacial score (nSPS) is 23.5. The van der Waals surface area contributed by atoms with Crippen molar-refractivity contribution in [2.24, 2.45) is 5.84 Å². The van der Waals surface area contributed by atoms with Gasteiger partial charge in [-0.15, -0.1) is 0 Å². The smallest absolute Gasteiger partial charge is 0.147 e. The van der Waals surface area contributed by atoms with Crippen molar-refractivity contribution >= 4 is 5.82 Å². The quantitative estimate of drug-likeness (QED) is 0.593. The second kappa shape index (κ2) is 4.58. The number of aryl methyl sites for hydroxylation is 1. The van der Waals surface area contributed by atoms with Crippen LogP contribution in [-0.4, -0.2) is 23.2 Å². The van der Waals surface area contributed by atoms with E-state index in [9.17, 15) is 0 Å². The third kappa shape index (κ3) is 2.00. The number of hydrazine groups is 1. The van der Waals surface area contributed by atoms with Crippen LogP contribution in [0.1, 0.15) is 42.3 Å². The maximum Gasteiger partial charge on any atom is 0.147 e. The van der Waals surface area contributed by atoms with E-state index >= 15 is 0 Å². The Labute approximate surface area is 101 Å². The first-order valence-corrected chi connectivity index (χ1v) is 6.32. The van der Waals surface area contributed by atoms with Crippen molar-refractivity contribution < 1.29 is 4.74 Å². The Kier molecular flexibility index (Phi) is 2.94. The van der Waals surface area contributed by atoms with Gasteiger partial charge in [-0.1, -0.05) is 0 Å². The number of fused-ring (bicyclic) bond motifs is 1. The molecular formula is C12H18N4O. The van der Waals surface area contributed by atoms with Gasteiger partial charge < -0.3 is 10.2 Å². The van der Waals surface area contributed by atoms with Crippen LogP contribution in [0.4, 0.5) is 5.82 Å². The second-order valence-corrected chi connectivity index (χ2v) is 4.77. The van der Waals surface area contributed by atoms with Crippen LogP contribution in [0.15, 0.2) is 0 Å². The zero-order valence-corrected chi connectivity index (χ0v) is 9.91. The summed E-state index contributed by atoms with van der Waals surface area (Å²) in [6, 6.07) is 0. The van der Waals surface area contributed by atoms with Gasteiger partial charge in [0.1, 0.15) is 11.6 Å². The molecular weight excluding hydrogens is 216 g/mol. The molecule has 3 rings (SSSR count). The van der Waals surface area contributed by atoms with Crippen molar-refractivity contribution in [1.82, 2.24) is 9.97 Å². The van der Waals surface area contributed by atoms with E-state index in [2.05, 4.69) is 10.4 Å². The maximum atomic E-state index is 5.57. The number of nitrogens with two attached hydrogens (primary N) is 1. The number of nitrogens with zero attached hydrogens (tertiary/aromatic N) is 2. The van der Waals surface area contributed by atoms with Crippen LogP contribution >= 0.6 is 0 Å². The molecule has 1 aliphatic heterocycles. The number of anilines is 1. The molecule has 17 heavy (non-hydrogen) atoms. The third-order valence-corrected chi connectivity index (χ3v) is 3.63. The second-order valence-electron chi connectivity index (χ2n) is 4.77. The van der Waals surface area contributed by atoms with Gasteiger partial charge in [-0.05, 0) is 32.1 Å². The molecule has 3 N–H and O–H groups in total. The van der Waals surface area contributed by atoms with Crippen LogP contribution in [0.5, 0.6) is 0 Å². The Balaban J connectivity index is 1.99. The van der Waals surface area contributed by atoms with E-state index in [-0.39, 0.29) is 0 Å². The maximum absolute atomic E-state index is 5.57. The molecule has 5 heteroatoms. The minimum Gasteiger partial charge on any atom is -0.381 e. The molecule has 5 nitrogen and oxygen atoms in total. The molecule has 1 unspecified atom stereocenters. The Morgan fingerprint density at radius 3 is 2.88 bits per heavy atom. The summed E-state index contributed by atoms with van der Waals surface area (Å²) in [5, 5.41) is 0. The molecule has 1 aromatic rings. The van der Waals surface area contributed by atoms with E-state index in [0.29, 0.717) is 5.92 Å². The van der Waals surface area contributed by atoms with Crippen molar-refractivity contribution in [2.75, 3.05) is 18.6 Å². The van der Waals surface area contributed by atoms with Gasteiger partial charge in [0.15, 0.2) is 0 Å². The van der Waals surface area contributed by atoms with Crippen LogP contribution in [0.2, 0.25) is 0 Å². The lowest BCUT2D eigenvalue weighted by atomic mass is 9.96. The predicted molar refractivity (Wildman–Crippen MR) is 64.7 cm³/mol. The predicted octanol–water partition coefficient (Wildman–Crippen LogP) is 1.14. The Morgan fingerprint density at radius 1 is 1.24 bits per heavy atom.